The van der Waals surface area contributed by atoms with Crippen molar-refractivity contribution in [2.24, 2.45) is 5.73 Å². The molecule has 5 aromatic carbocycles. The number of aliphatic hydroxyl groups excluding tert-OH is 1. The van der Waals surface area contributed by atoms with Crippen molar-refractivity contribution in [2.75, 3.05) is 67.2 Å². The van der Waals surface area contributed by atoms with Gasteiger partial charge in [0, 0.05) is 94.9 Å². The molecular formula is C91H118F9N9O15. The van der Waals surface area contributed by atoms with Crippen LogP contribution >= 0.6 is 0 Å². The lowest BCUT2D eigenvalue weighted by atomic mass is 9.91. The predicted molar refractivity (Wildman–Crippen MR) is 447 cm³/mol. The van der Waals surface area contributed by atoms with Crippen molar-refractivity contribution in [1.29, 1.82) is 0 Å². The molecule has 3 unspecified atom stereocenters. The van der Waals surface area contributed by atoms with E-state index in [1.807, 2.05) is 74.5 Å². The first-order valence-corrected chi connectivity index (χ1v) is 43.0. The van der Waals surface area contributed by atoms with E-state index >= 15 is 0 Å². The summed E-state index contributed by atoms with van der Waals surface area (Å²) in [6.45, 7) is 18.7. The molecule has 3 fully saturated rings. The number of fused-ring (bicyclic) bond motifs is 3. The Morgan fingerprint density at radius 1 is 0.500 bits per heavy atom. The number of carbonyl (C=O) groups is 9. The number of nitrogens with zero attached hydrogens (tertiary/aromatic N) is 7. The van der Waals surface area contributed by atoms with Crippen LogP contribution in [0.5, 0.6) is 17.2 Å². The Balaban J connectivity index is 0.000000215. The van der Waals surface area contributed by atoms with Crippen LogP contribution < -0.4 is 40.0 Å². The Bertz CT molecular complexity index is 4570. The maximum Gasteiger partial charge on any atom is 0.417 e. The van der Waals surface area contributed by atoms with Gasteiger partial charge in [0.25, 0.3) is 35.4 Å². The van der Waals surface area contributed by atoms with Gasteiger partial charge in [-0.2, -0.15) is 39.5 Å². The summed E-state index contributed by atoms with van der Waals surface area (Å²) in [5.41, 5.74) is -2.73. The van der Waals surface area contributed by atoms with Crippen LogP contribution in [-0.4, -0.2) is 184 Å². The molecule has 8 amide bonds. The SMILES string of the molecule is CC(C)N(C(=O)c1cc2c(cc1C(F)(F)F)OC(C)(CO)C(=O)N2CCN)C1CCCCC1.CCC(=O)NCCN1C(=O)C(C)(COC(=O)CC)Oc2cc(C(F)(F)F)c(C(=O)N(C(C)C)C3CCCCC3)cc21.CCC1(C)Oc2cc(C(F)(F)F)c(C(=O)N(C(C)C)C3CCCCC3)cc2N(CCN(Cc2ccccc2)C(=O)OCc2ccccc2)C1=O. The number of anilines is 3. The number of esters is 1. The topological polar surface area (TPSA) is 281 Å². The predicted octanol–water partition coefficient (Wildman–Crippen LogP) is 16.8. The fourth-order valence-corrected chi connectivity index (χ4v) is 16.9. The van der Waals surface area contributed by atoms with Gasteiger partial charge in [0.15, 0.2) is 5.60 Å². The van der Waals surface area contributed by atoms with E-state index in [1.54, 1.807) is 53.4 Å². The monoisotopic (exact) mass is 1750 g/mol. The van der Waals surface area contributed by atoms with E-state index in [4.69, 9.17) is 29.4 Å². The van der Waals surface area contributed by atoms with Gasteiger partial charge in [0.2, 0.25) is 17.1 Å². The van der Waals surface area contributed by atoms with E-state index in [-0.39, 0.29) is 148 Å². The Morgan fingerprint density at radius 3 is 1.23 bits per heavy atom. The molecule has 124 heavy (non-hydrogen) atoms. The first-order valence-electron chi connectivity index (χ1n) is 43.0. The second-order valence-corrected chi connectivity index (χ2v) is 33.7. The molecule has 680 valence electrons. The van der Waals surface area contributed by atoms with Gasteiger partial charge in [-0.1, -0.05) is 139 Å². The van der Waals surface area contributed by atoms with Crippen LogP contribution in [0.25, 0.3) is 0 Å². The summed E-state index contributed by atoms with van der Waals surface area (Å²) in [6, 6.07) is 22.7. The van der Waals surface area contributed by atoms with Crippen LogP contribution in [0.1, 0.15) is 258 Å². The van der Waals surface area contributed by atoms with Gasteiger partial charge in [0.05, 0.1) is 57.0 Å². The molecule has 0 saturated heterocycles. The summed E-state index contributed by atoms with van der Waals surface area (Å²) in [7, 11) is 0. The highest BCUT2D eigenvalue weighted by Gasteiger charge is 2.52. The number of nitrogens with two attached hydrogens (primary N) is 1. The third-order valence-corrected chi connectivity index (χ3v) is 23.5. The minimum atomic E-state index is -4.90. The summed E-state index contributed by atoms with van der Waals surface area (Å²) in [6.07, 6.45) is -1.95. The first-order chi connectivity index (χ1) is 58.5. The smallest absolute Gasteiger partial charge is 0.417 e. The second kappa shape index (κ2) is 41.7. The summed E-state index contributed by atoms with van der Waals surface area (Å²) < 4.78 is 158. The number of hydrogen-bond acceptors (Lipinski definition) is 16. The van der Waals surface area contributed by atoms with Crippen molar-refractivity contribution in [3.63, 3.8) is 0 Å². The van der Waals surface area contributed by atoms with Crippen LogP contribution in [0, 0.1) is 0 Å². The van der Waals surface area contributed by atoms with Crippen LogP contribution in [0.3, 0.4) is 0 Å². The molecule has 0 aromatic heterocycles. The van der Waals surface area contributed by atoms with Crippen molar-refractivity contribution < 1.29 is 111 Å². The average Bonchev–Trinajstić information content (AvgIpc) is 0.746. The van der Waals surface area contributed by atoms with E-state index < -0.39 is 129 Å². The number of aliphatic hydroxyl groups is 1. The van der Waals surface area contributed by atoms with Crippen LogP contribution in [0.15, 0.2) is 97.1 Å². The van der Waals surface area contributed by atoms with Crippen molar-refractivity contribution in [3.8, 4) is 17.2 Å². The maximum atomic E-state index is 14.7. The number of hydrogen-bond donors (Lipinski definition) is 3. The first kappa shape index (κ1) is 97.6. The molecule has 3 saturated carbocycles. The van der Waals surface area contributed by atoms with Gasteiger partial charge in [-0.3, -0.25) is 38.4 Å². The summed E-state index contributed by atoms with van der Waals surface area (Å²) in [5.74, 6) is -5.52. The Hall–Kier alpha value is -10.2. The minimum absolute atomic E-state index is 0.000296. The zero-order valence-electron chi connectivity index (χ0n) is 72.8. The molecule has 3 aliphatic carbocycles. The van der Waals surface area contributed by atoms with Crippen molar-refractivity contribution in [2.45, 2.75) is 283 Å². The molecule has 3 atom stereocenters. The average molecular weight is 1750 g/mol. The number of carbonyl (C=O) groups excluding carboxylic acids is 9. The highest BCUT2D eigenvalue weighted by molar-refractivity contribution is 6.08. The summed E-state index contributed by atoms with van der Waals surface area (Å²) in [4.78, 5) is 129. The van der Waals surface area contributed by atoms with Gasteiger partial charge in [-0.25, -0.2) is 4.79 Å². The summed E-state index contributed by atoms with van der Waals surface area (Å²) in [5, 5.41) is 12.3. The number of nitrogens with one attached hydrogen (secondary N) is 1. The lowest BCUT2D eigenvalue weighted by Gasteiger charge is -2.42. The molecule has 4 N–H and O–H groups in total. The number of ether oxygens (including phenoxy) is 5. The molecule has 33 heteroatoms. The third kappa shape index (κ3) is 23.1. The molecule has 0 bridgehead atoms. The Morgan fingerprint density at radius 2 is 0.863 bits per heavy atom. The Labute approximate surface area is 718 Å². The molecule has 11 rings (SSSR count). The normalized spacial score (nSPS) is 19.5. The summed E-state index contributed by atoms with van der Waals surface area (Å²) >= 11 is 0. The number of rotatable bonds is 27. The van der Waals surface area contributed by atoms with Crippen LogP contribution in [0.4, 0.5) is 61.4 Å². The van der Waals surface area contributed by atoms with Crippen molar-refractivity contribution in [1.82, 2.24) is 24.9 Å². The van der Waals surface area contributed by atoms with Gasteiger partial charge in [-0.05, 0) is 155 Å². The molecule has 0 radical (unpaired) electrons. The van der Waals surface area contributed by atoms with Crippen molar-refractivity contribution >= 4 is 70.5 Å². The van der Waals surface area contributed by atoms with E-state index in [9.17, 15) is 87.8 Å². The second-order valence-electron chi connectivity index (χ2n) is 33.7. The molecule has 0 spiro atoms. The Kier molecular flexibility index (Phi) is 32.9. The maximum absolute atomic E-state index is 14.7. The van der Waals surface area contributed by atoms with E-state index in [2.05, 4.69) is 5.32 Å². The highest BCUT2D eigenvalue weighted by atomic mass is 19.4. The number of halogens is 9. The molecule has 5 aromatic rings. The van der Waals surface area contributed by atoms with Gasteiger partial charge < -0.3 is 74.1 Å². The van der Waals surface area contributed by atoms with E-state index in [1.165, 1.54) is 50.2 Å². The third-order valence-electron chi connectivity index (χ3n) is 23.5. The standard InChI is InChI=1S/C39H46F3N3O5.C29H40F3N3O6.C23H32F3N3O4/c1-5-38(4)36(47)44(22-21-43(25-28-15-9-6-10-16-28)37(48)49-26-29-17-11-7-12-18-29)33-23-31(32(39(40,41)42)24-34(33)50-38)35(46)45(27(2)3)30-19-13-8-14-20-30;1-6-24(36)33-13-14-34-22-15-20(26(38)35(18(3)4)19-11-9-8-10-12-19)21(29(30,31)32)16-23(22)41-28(5,27(34)39)17-40-25(37)7-2;1-14(2)29(15-7-5-4-6-8-15)20(31)16-11-18-19(12-17(16)23(24,25)26)33-22(3,13-30)21(32)28(18)10-9-27/h6-7,9-12,15-18,23-24,27,30H,5,8,13-14,19-22,25-26H2,1-4H3;15-16,18-19H,6-14,17H2,1-5H3,(H,33,36);11-12,14-15,30H,4-10,13,27H2,1-3H3. The van der Waals surface area contributed by atoms with Crippen molar-refractivity contribution in [3.05, 3.63) is 142 Å². The largest absolute Gasteiger partial charge is 0.476 e. The fourth-order valence-electron chi connectivity index (χ4n) is 16.9. The number of benzene rings is 5. The van der Waals surface area contributed by atoms with E-state index in [0.717, 1.165) is 131 Å². The lowest BCUT2D eigenvalue weighted by molar-refractivity contribution is -0.154. The van der Waals surface area contributed by atoms with Crippen LogP contribution in [0.2, 0.25) is 0 Å². The zero-order valence-corrected chi connectivity index (χ0v) is 72.8. The number of amides is 8. The zero-order chi connectivity index (χ0) is 91.1. The lowest BCUT2D eigenvalue weighted by Crippen LogP contribution is -2.58. The molecule has 3 heterocycles. The minimum Gasteiger partial charge on any atom is -0.476 e. The molecule has 6 aliphatic rings. The van der Waals surface area contributed by atoms with E-state index in [0.29, 0.717) is 12.8 Å². The number of alkyl halides is 9. The quantitative estimate of drug-likeness (QED) is 0.0325. The molecule has 3 aliphatic heterocycles. The fraction of sp³-hybridized carbons (Fsp3) is 0.571. The van der Waals surface area contributed by atoms with Crippen LogP contribution in [-0.2, 0) is 65.1 Å². The molecule has 24 nitrogen and oxygen atoms in total. The van der Waals surface area contributed by atoms with Gasteiger partial charge in [-0.15, -0.1) is 0 Å². The molecular weight excluding hydrogens is 1630 g/mol. The highest BCUT2D eigenvalue weighted by Crippen LogP contribution is 2.50. The van der Waals surface area contributed by atoms with Gasteiger partial charge >= 0.3 is 30.6 Å². The van der Waals surface area contributed by atoms with Gasteiger partial charge in [0.1, 0.15) is 30.5 Å².